The molecule has 0 aliphatic rings. The van der Waals surface area contributed by atoms with Crippen molar-refractivity contribution < 1.29 is 4.43 Å². The average molecular weight is 346 g/mol. The highest BCUT2D eigenvalue weighted by molar-refractivity contribution is 6.75. The zero-order valence-electron chi connectivity index (χ0n) is 11.0. The number of hydrogen-bond acceptors (Lipinski definition) is 1. The third kappa shape index (κ3) is 3.29. The Kier molecular flexibility index (Phi) is 4.95. The van der Waals surface area contributed by atoms with E-state index in [0.717, 1.165) is 0 Å². The lowest BCUT2D eigenvalue weighted by atomic mass is 10.2. The molecule has 1 aromatic rings. The average Bonchev–Trinajstić information content (AvgIpc) is 2.20. The number of benzene rings is 1. The predicted molar refractivity (Wildman–Crippen MR) is 84.3 cm³/mol. The molecule has 18 heavy (non-hydrogen) atoms. The second-order valence-corrected chi connectivity index (χ2v) is 12.0. The Bertz CT molecular complexity index is 466. The Hall–Kier alpha value is 0.397. The molecule has 6 heteroatoms. The minimum atomic E-state index is -2.02. The largest absolute Gasteiger partial charge is 0.541 e. The smallest absolute Gasteiger partial charge is 0.250 e. The summed E-state index contributed by atoms with van der Waals surface area (Å²) in [6.45, 7) is 10.6. The van der Waals surface area contributed by atoms with Gasteiger partial charge in [-0.1, -0.05) is 67.2 Å². The molecular weight excluding hydrogens is 330 g/mol. The van der Waals surface area contributed by atoms with Gasteiger partial charge in [-0.25, -0.2) is 0 Å². The van der Waals surface area contributed by atoms with Crippen LogP contribution in [-0.2, 0) is 0 Å². The van der Waals surface area contributed by atoms with E-state index in [1.807, 2.05) is 0 Å². The van der Waals surface area contributed by atoms with Gasteiger partial charge < -0.3 is 4.43 Å². The second-order valence-electron chi connectivity index (χ2n) is 5.66. The van der Waals surface area contributed by atoms with Crippen LogP contribution in [0.5, 0.6) is 5.75 Å². The molecule has 0 saturated heterocycles. The Balaban J connectivity index is 3.25. The normalized spacial score (nSPS) is 12.7. The molecule has 0 spiro atoms. The van der Waals surface area contributed by atoms with E-state index in [0.29, 0.717) is 15.8 Å². The van der Waals surface area contributed by atoms with Gasteiger partial charge >= 0.3 is 0 Å². The lowest BCUT2D eigenvalue weighted by Gasteiger charge is -2.37. The molecule has 1 nitrogen and oxygen atoms in total. The highest BCUT2D eigenvalue weighted by atomic mass is 35.5. The summed E-state index contributed by atoms with van der Waals surface area (Å²) in [7, 11) is -2.02. The number of rotatable bonds is 2. The zero-order chi connectivity index (χ0) is 14.3. The van der Waals surface area contributed by atoms with E-state index < -0.39 is 8.32 Å². The molecule has 0 heterocycles. The quantitative estimate of drug-likeness (QED) is 0.330. The molecule has 0 atom stereocenters. The molecule has 0 aliphatic heterocycles. The first-order valence-electron chi connectivity index (χ1n) is 5.49. The third-order valence-electron chi connectivity index (χ3n) is 3.24. The maximum Gasteiger partial charge on any atom is 0.250 e. The number of halogens is 4. The first kappa shape index (κ1) is 16.5. The van der Waals surface area contributed by atoms with Gasteiger partial charge in [0.1, 0.15) is 10.8 Å². The summed E-state index contributed by atoms with van der Waals surface area (Å²) in [5.74, 6) is 0.430. The SMILES string of the molecule is CC(C)(C)[Si](C)(C)Oc1c(Cl)cc(Cl)c(Cl)c1Cl. The van der Waals surface area contributed by atoms with Crippen LogP contribution < -0.4 is 4.43 Å². The topological polar surface area (TPSA) is 9.23 Å². The van der Waals surface area contributed by atoms with Crippen molar-refractivity contribution in [1.82, 2.24) is 0 Å². The van der Waals surface area contributed by atoms with Crippen molar-refractivity contribution in [3.63, 3.8) is 0 Å². The van der Waals surface area contributed by atoms with E-state index in [9.17, 15) is 0 Å². The molecule has 0 aliphatic carbocycles. The summed E-state index contributed by atoms with van der Waals surface area (Å²) in [5.41, 5.74) is 0. The molecule has 102 valence electrons. The van der Waals surface area contributed by atoms with Gasteiger partial charge in [0.2, 0.25) is 0 Å². The molecule has 1 rings (SSSR count). The lowest BCUT2D eigenvalue weighted by Crippen LogP contribution is -2.44. The van der Waals surface area contributed by atoms with Crippen LogP contribution in [0.2, 0.25) is 38.2 Å². The molecule has 1 aromatic carbocycles. The van der Waals surface area contributed by atoms with Crippen LogP contribution in [0.4, 0.5) is 0 Å². The van der Waals surface area contributed by atoms with Crippen molar-refractivity contribution in [2.45, 2.75) is 38.9 Å². The molecular formula is C12H16Cl4OSi. The Morgan fingerprint density at radius 2 is 1.44 bits per heavy atom. The molecule has 0 N–H and O–H groups in total. The van der Waals surface area contributed by atoms with Gasteiger partial charge in [-0.3, -0.25) is 0 Å². The van der Waals surface area contributed by atoms with Crippen molar-refractivity contribution in [2.24, 2.45) is 0 Å². The predicted octanol–water partition coefficient (Wildman–Crippen LogP) is 6.68. The Morgan fingerprint density at radius 1 is 0.944 bits per heavy atom. The van der Waals surface area contributed by atoms with E-state index in [1.165, 1.54) is 0 Å². The van der Waals surface area contributed by atoms with E-state index in [2.05, 4.69) is 33.9 Å². The minimum Gasteiger partial charge on any atom is -0.541 e. The van der Waals surface area contributed by atoms with Gasteiger partial charge in [-0.2, -0.15) is 0 Å². The van der Waals surface area contributed by atoms with Crippen molar-refractivity contribution in [1.29, 1.82) is 0 Å². The first-order valence-corrected chi connectivity index (χ1v) is 9.91. The maximum atomic E-state index is 6.16. The third-order valence-corrected chi connectivity index (χ3v) is 9.09. The summed E-state index contributed by atoms with van der Waals surface area (Å²) >= 11 is 24.2. The molecule has 0 bridgehead atoms. The summed E-state index contributed by atoms with van der Waals surface area (Å²) in [4.78, 5) is 0. The number of hydrogen-bond donors (Lipinski definition) is 0. The van der Waals surface area contributed by atoms with E-state index >= 15 is 0 Å². The van der Waals surface area contributed by atoms with Gasteiger partial charge in [0.15, 0.2) is 0 Å². The van der Waals surface area contributed by atoms with Gasteiger partial charge in [0.25, 0.3) is 8.32 Å². The van der Waals surface area contributed by atoms with Crippen LogP contribution in [0.3, 0.4) is 0 Å². The van der Waals surface area contributed by atoms with Gasteiger partial charge in [0.05, 0.1) is 15.1 Å². The zero-order valence-corrected chi connectivity index (χ0v) is 15.0. The van der Waals surface area contributed by atoms with Gasteiger partial charge in [-0.15, -0.1) is 0 Å². The van der Waals surface area contributed by atoms with Crippen molar-refractivity contribution in [2.75, 3.05) is 0 Å². The standard InChI is InChI=1S/C12H16Cl4OSi/c1-12(2,3)18(4,5)17-11-8(14)6-7(13)9(15)10(11)16/h6H,1-5H3. The van der Waals surface area contributed by atoms with Crippen LogP contribution in [0.1, 0.15) is 20.8 Å². The summed E-state index contributed by atoms with van der Waals surface area (Å²) in [6.07, 6.45) is 0. The van der Waals surface area contributed by atoms with Crippen LogP contribution in [0, 0.1) is 0 Å². The van der Waals surface area contributed by atoms with Crippen LogP contribution >= 0.6 is 46.4 Å². The first-order chi connectivity index (χ1) is 7.97. The molecule has 0 unspecified atom stereocenters. The van der Waals surface area contributed by atoms with E-state index in [1.54, 1.807) is 6.07 Å². The maximum absolute atomic E-state index is 6.16. The van der Waals surface area contributed by atoms with E-state index in [-0.39, 0.29) is 15.1 Å². The highest BCUT2D eigenvalue weighted by Gasteiger charge is 2.40. The fourth-order valence-electron chi connectivity index (χ4n) is 1.05. The van der Waals surface area contributed by atoms with E-state index in [4.69, 9.17) is 50.8 Å². The lowest BCUT2D eigenvalue weighted by molar-refractivity contribution is 0.492. The molecule has 0 aromatic heterocycles. The van der Waals surface area contributed by atoms with Gasteiger partial charge in [-0.05, 0) is 24.2 Å². The fourth-order valence-corrected chi connectivity index (χ4v) is 3.19. The summed E-state index contributed by atoms with van der Waals surface area (Å²) in [6, 6.07) is 1.56. The van der Waals surface area contributed by atoms with Crippen molar-refractivity contribution >= 4 is 54.7 Å². The minimum absolute atomic E-state index is 0.0474. The summed E-state index contributed by atoms with van der Waals surface area (Å²) in [5, 5.41) is 1.31. The van der Waals surface area contributed by atoms with Crippen LogP contribution in [0.25, 0.3) is 0 Å². The fraction of sp³-hybridized carbons (Fsp3) is 0.500. The monoisotopic (exact) mass is 344 g/mol. The molecule has 0 radical (unpaired) electrons. The second kappa shape index (κ2) is 5.41. The Labute approximate surface area is 129 Å². The molecule has 0 amide bonds. The van der Waals surface area contributed by atoms with Crippen LogP contribution in [-0.4, -0.2) is 8.32 Å². The molecule has 0 saturated carbocycles. The van der Waals surface area contributed by atoms with Crippen molar-refractivity contribution in [3.8, 4) is 5.75 Å². The Morgan fingerprint density at radius 3 is 1.89 bits per heavy atom. The summed E-state index contributed by atoms with van der Waals surface area (Å²) < 4.78 is 6.10. The van der Waals surface area contributed by atoms with Crippen LogP contribution in [0.15, 0.2) is 6.07 Å². The highest BCUT2D eigenvalue weighted by Crippen LogP contribution is 2.46. The van der Waals surface area contributed by atoms with Gasteiger partial charge in [0, 0.05) is 0 Å². The molecule has 0 fully saturated rings. The van der Waals surface area contributed by atoms with Crippen molar-refractivity contribution in [3.05, 3.63) is 26.2 Å².